The summed E-state index contributed by atoms with van der Waals surface area (Å²) in [5.74, 6) is -0.190. The van der Waals surface area contributed by atoms with Crippen molar-refractivity contribution in [2.24, 2.45) is 0 Å². The molecule has 1 saturated heterocycles. The second-order valence-corrected chi connectivity index (χ2v) is 9.27. The van der Waals surface area contributed by atoms with Crippen molar-refractivity contribution in [3.63, 3.8) is 0 Å². The lowest BCUT2D eigenvalue weighted by atomic mass is 10.2. The highest BCUT2D eigenvalue weighted by Crippen LogP contribution is 2.16. The molecule has 1 aromatic rings. The highest BCUT2D eigenvalue weighted by atomic mass is 32.2. The first kappa shape index (κ1) is 24.1. The molecule has 0 atom stereocenters. The van der Waals surface area contributed by atoms with Crippen LogP contribution in [0.2, 0.25) is 0 Å². The van der Waals surface area contributed by atoms with Crippen molar-refractivity contribution in [3.05, 3.63) is 35.9 Å². The van der Waals surface area contributed by atoms with Gasteiger partial charge in [0.05, 0.1) is 4.90 Å². The minimum Gasteiger partial charge on any atom is -0.352 e. The first-order chi connectivity index (χ1) is 14.4. The fourth-order valence-corrected chi connectivity index (χ4v) is 4.92. The summed E-state index contributed by atoms with van der Waals surface area (Å²) in [6.45, 7) is 6.37. The van der Waals surface area contributed by atoms with Gasteiger partial charge in [-0.15, -0.1) is 0 Å². The number of rotatable bonds is 9. The maximum atomic E-state index is 12.5. The number of carbonyl (C=O) groups excluding carboxylic acids is 2. The van der Waals surface area contributed by atoms with E-state index in [0.29, 0.717) is 26.1 Å². The monoisotopic (exact) mass is 435 g/mol. The molecule has 1 N–H and O–H groups in total. The number of amides is 2. The molecule has 0 saturated carbocycles. The van der Waals surface area contributed by atoms with Gasteiger partial charge in [0.25, 0.3) is 0 Å². The molecule has 7 nitrogen and oxygen atoms in total. The number of benzene rings is 1. The van der Waals surface area contributed by atoms with Gasteiger partial charge in [0.15, 0.2) is 0 Å². The van der Waals surface area contributed by atoms with Gasteiger partial charge in [-0.3, -0.25) is 9.59 Å². The van der Waals surface area contributed by atoms with E-state index in [2.05, 4.69) is 5.32 Å². The van der Waals surface area contributed by atoms with Gasteiger partial charge in [0.2, 0.25) is 21.8 Å². The van der Waals surface area contributed by atoms with Crippen molar-refractivity contribution in [2.45, 2.75) is 50.8 Å². The van der Waals surface area contributed by atoms with Crippen molar-refractivity contribution in [3.8, 4) is 0 Å². The number of carbonyl (C=O) groups is 2. The van der Waals surface area contributed by atoms with Gasteiger partial charge >= 0.3 is 0 Å². The lowest BCUT2D eigenvalue weighted by Gasteiger charge is -2.20. The molecule has 0 bridgehead atoms. The maximum absolute atomic E-state index is 12.5. The Balaban J connectivity index is 1.82. The molecular formula is C22H33N3O4S. The number of hydrogen-bond donors (Lipinski definition) is 1. The summed E-state index contributed by atoms with van der Waals surface area (Å²) in [4.78, 5) is 26.3. The highest BCUT2D eigenvalue weighted by molar-refractivity contribution is 7.89. The molecular weight excluding hydrogens is 402 g/mol. The van der Waals surface area contributed by atoms with Gasteiger partial charge in [0, 0.05) is 45.2 Å². The van der Waals surface area contributed by atoms with E-state index in [4.69, 9.17) is 0 Å². The van der Waals surface area contributed by atoms with Gasteiger partial charge in [-0.05, 0) is 36.6 Å². The number of nitrogens with one attached hydrogen (secondary N) is 1. The van der Waals surface area contributed by atoms with E-state index in [0.717, 1.165) is 31.5 Å². The third-order valence-electron chi connectivity index (χ3n) is 5.25. The van der Waals surface area contributed by atoms with Gasteiger partial charge in [-0.1, -0.05) is 38.8 Å². The van der Waals surface area contributed by atoms with Crippen molar-refractivity contribution >= 4 is 27.9 Å². The summed E-state index contributed by atoms with van der Waals surface area (Å²) in [6.07, 6.45) is 7.77. The van der Waals surface area contributed by atoms with Crippen molar-refractivity contribution in [1.82, 2.24) is 14.5 Å². The average Bonchev–Trinajstić information content (AvgIpc) is 3.03. The minimum atomic E-state index is -3.49. The third kappa shape index (κ3) is 6.95. The van der Waals surface area contributed by atoms with E-state index in [1.165, 1.54) is 23.2 Å². The molecule has 0 radical (unpaired) electrons. The van der Waals surface area contributed by atoms with Crippen molar-refractivity contribution < 1.29 is 18.0 Å². The summed E-state index contributed by atoms with van der Waals surface area (Å²) >= 11 is 0. The lowest BCUT2D eigenvalue weighted by Crippen LogP contribution is -2.34. The van der Waals surface area contributed by atoms with Crippen LogP contribution in [-0.4, -0.2) is 62.2 Å². The summed E-state index contributed by atoms with van der Waals surface area (Å²) in [5.41, 5.74) is 0.726. The van der Waals surface area contributed by atoms with E-state index in [1.807, 2.05) is 4.90 Å². The Bertz CT molecular complexity index is 822. The zero-order valence-electron chi connectivity index (χ0n) is 18.0. The molecule has 0 aromatic heterocycles. The summed E-state index contributed by atoms with van der Waals surface area (Å²) in [7, 11) is -3.49. The number of hydrogen-bond acceptors (Lipinski definition) is 4. The molecule has 1 aliphatic rings. The Kier molecular flexibility index (Phi) is 9.52. The molecule has 1 aliphatic heterocycles. The molecule has 0 spiro atoms. The van der Waals surface area contributed by atoms with Gasteiger partial charge in [-0.2, -0.15) is 4.31 Å². The van der Waals surface area contributed by atoms with Crippen LogP contribution in [-0.2, 0) is 19.6 Å². The molecule has 1 heterocycles. The molecule has 166 valence electrons. The van der Waals surface area contributed by atoms with E-state index in [-0.39, 0.29) is 16.7 Å². The van der Waals surface area contributed by atoms with E-state index in [1.54, 1.807) is 44.2 Å². The minimum absolute atomic E-state index is 0.0891. The van der Waals surface area contributed by atoms with Crippen LogP contribution in [0.15, 0.2) is 35.2 Å². The molecule has 1 aromatic carbocycles. The number of nitrogens with zero attached hydrogens (tertiary/aromatic N) is 2. The second-order valence-electron chi connectivity index (χ2n) is 7.33. The van der Waals surface area contributed by atoms with Crippen molar-refractivity contribution in [1.29, 1.82) is 0 Å². The second kappa shape index (κ2) is 11.9. The maximum Gasteiger partial charge on any atom is 0.244 e. The van der Waals surface area contributed by atoms with Gasteiger partial charge < -0.3 is 10.2 Å². The fourth-order valence-electron chi connectivity index (χ4n) is 3.47. The van der Waals surface area contributed by atoms with Gasteiger partial charge in [-0.25, -0.2) is 8.42 Å². The van der Waals surface area contributed by atoms with Gasteiger partial charge in [0.1, 0.15) is 0 Å². The zero-order valence-corrected chi connectivity index (χ0v) is 18.8. The Morgan fingerprint density at radius 3 is 2.20 bits per heavy atom. The standard InChI is InChI=1S/C22H33N3O4S/c1-3-25(4-2)30(28,29)20-12-9-19(10-13-20)11-14-21(26)23-16-15-22(27)24-17-7-5-6-8-18-24/h9-14H,3-8,15-18H2,1-2H3,(H,23,26)/b14-11+. The number of likely N-dealkylation sites (tertiary alicyclic amines) is 1. The van der Waals surface area contributed by atoms with Crippen LogP contribution in [0.25, 0.3) is 6.08 Å². The molecule has 2 amide bonds. The Morgan fingerprint density at radius 2 is 1.63 bits per heavy atom. The summed E-state index contributed by atoms with van der Waals surface area (Å²) < 4.78 is 26.4. The Morgan fingerprint density at radius 1 is 1.03 bits per heavy atom. The van der Waals surface area contributed by atoms with E-state index in [9.17, 15) is 18.0 Å². The summed E-state index contributed by atoms with van der Waals surface area (Å²) in [6, 6.07) is 6.43. The topological polar surface area (TPSA) is 86.8 Å². The predicted molar refractivity (Wildman–Crippen MR) is 118 cm³/mol. The average molecular weight is 436 g/mol. The molecule has 1 fully saturated rings. The Hall–Kier alpha value is -2.19. The molecule has 2 rings (SSSR count). The molecule has 8 heteroatoms. The van der Waals surface area contributed by atoms with Crippen LogP contribution in [0.3, 0.4) is 0 Å². The first-order valence-electron chi connectivity index (χ1n) is 10.7. The van der Waals surface area contributed by atoms with E-state index < -0.39 is 10.0 Å². The molecule has 0 unspecified atom stereocenters. The van der Waals surface area contributed by atoms with Crippen LogP contribution in [0, 0.1) is 0 Å². The molecule has 0 aliphatic carbocycles. The summed E-state index contributed by atoms with van der Waals surface area (Å²) in [5, 5.41) is 2.73. The largest absolute Gasteiger partial charge is 0.352 e. The third-order valence-corrected chi connectivity index (χ3v) is 7.31. The van der Waals surface area contributed by atoms with Crippen LogP contribution in [0.4, 0.5) is 0 Å². The lowest BCUT2D eigenvalue weighted by molar-refractivity contribution is -0.131. The van der Waals surface area contributed by atoms with Crippen LogP contribution in [0.1, 0.15) is 51.5 Å². The Labute approximate surface area is 180 Å². The normalized spacial score (nSPS) is 15.4. The SMILES string of the molecule is CCN(CC)S(=O)(=O)c1ccc(/C=C/C(=O)NCCC(=O)N2CCCCCC2)cc1. The first-order valence-corrected chi connectivity index (χ1v) is 12.2. The zero-order chi connectivity index (χ0) is 22.0. The van der Waals surface area contributed by atoms with Crippen LogP contribution >= 0.6 is 0 Å². The van der Waals surface area contributed by atoms with Crippen molar-refractivity contribution in [2.75, 3.05) is 32.7 Å². The van der Waals surface area contributed by atoms with Crippen LogP contribution < -0.4 is 5.32 Å². The smallest absolute Gasteiger partial charge is 0.244 e. The predicted octanol–water partition coefficient (Wildman–Crippen LogP) is 2.64. The molecule has 30 heavy (non-hydrogen) atoms. The number of sulfonamides is 1. The fraction of sp³-hybridized carbons (Fsp3) is 0.545. The highest BCUT2D eigenvalue weighted by Gasteiger charge is 2.21. The van der Waals surface area contributed by atoms with Crippen LogP contribution in [0.5, 0.6) is 0 Å². The van der Waals surface area contributed by atoms with E-state index >= 15 is 0 Å². The quantitative estimate of drug-likeness (QED) is 0.604.